The van der Waals surface area contributed by atoms with Crippen LogP contribution in [0.4, 0.5) is 19.0 Å². The number of fused-ring (bicyclic) bond motifs is 1. The van der Waals surface area contributed by atoms with E-state index in [-0.39, 0.29) is 40.1 Å². The first-order chi connectivity index (χ1) is 18.9. The summed E-state index contributed by atoms with van der Waals surface area (Å²) in [7, 11) is -4.38. The Balaban J connectivity index is 1.61. The Labute approximate surface area is 235 Å². The summed E-state index contributed by atoms with van der Waals surface area (Å²) < 4.78 is 72.7. The molecular weight excluding hydrogens is 563 g/mol. The first-order valence-electron chi connectivity index (χ1n) is 13.0. The van der Waals surface area contributed by atoms with Gasteiger partial charge in [-0.05, 0) is 81.3 Å². The molecule has 12 heteroatoms. The van der Waals surface area contributed by atoms with Gasteiger partial charge in [0.15, 0.2) is 9.84 Å². The molecule has 1 aliphatic rings. The van der Waals surface area contributed by atoms with E-state index in [1.54, 1.807) is 10.9 Å². The molecule has 0 saturated heterocycles. The molecule has 1 aliphatic carbocycles. The van der Waals surface area contributed by atoms with Crippen LogP contribution in [-0.2, 0) is 15.6 Å². The lowest BCUT2D eigenvalue weighted by Gasteiger charge is -2.27. The van der Waals surface area contributed by atoms with Gasteiger partial charge in [-0.25, -0.2) is 26.6 Å². The van der Waals surface area contributed by atoms with E-state index in [1.165, 1.54) is 6.07 Å². The number of sulfone groups is 1. The van der Waals surface area contributed by atoms with Crippen molar-refractivity contribution in [3.63, 3.8) is 0 Å². The Hall–Kier alpha value is -3.15. The standard InChI is InChI=1S/C28H29ClF3N5O2S/c1-14(2)37-27-20(15-3-6-18(33)7-4-15)12-35-28(34)25(27)26(36-37)19-11-22(31)16(9-23(19)32)13-40(38,39)24-10-17(29)5-8-21(24)30/h5,8-12,14-15,18H,3-4,6-7,13,33H2,1-2H3,(H2,34,35). The lowest BCUT2D eigenvalue weighted by atomic mass is 9.82. The van der Waals surface area contributed by atoms with Crippen molar-refractivity contribution in [3.05, 3.63) is 70.1 Å². The first kappa shape index (κ1) is 28.4. The molecule has 0 radical (unpaired) electrons. The van der Waals surface area contributed by atoms with Crippen molar-refractivity contribution in [1.82, 2.24) is 14.8 Å². The van der Waals surface area contributed by atoms with Crippen molar-refractivity contribution in [3.8, 4) is 11.3 Å². The molecule has 212 valence electrons. The number of rotatable bonds is 6. The molecule has 1 saturated carbocycles. The summed E-state index contributed by atoms with van der Waals surface area (Å²) in [6.07, 6.45) is 5.17. The summed E-state index contributed by atoms with van der Waals surface area (Å²) in [6.45, 7) is 3.85. The van der Waals surface area contributed by atoms with Crippen molar-refractivity contribution in [1.29, 1.82) is 0 Å². The zero-order valence-electron chi connectivity index (χ0n) is 22.0. The minimum Gasteiger partial charge on any atom is -0.383 e. The number of aromatic nitrogens is 3. The van der Waals surface area contributed by atoms with Gasteiger partial charge in [-0.3, -0.25) is 4.68 Å². The first-order valence-corrected chi connectivity index (χ1v) is 15.0. The van der Waals surface area contributed by atoms with E-state index in [1.807, 2.05) is 13.8 Å². The topological polar surface area (TPSA) is 117 Å². The largest absolute Gasteiger partial charge is 0.383 e. The monoisotopic (exact) mass is 591 g/mol. The van der Waals surface area contributed by atoms with Crippen LogP contribution < -0.4 is 11.5 Å². The zero-order valence-corrected chi connectivity index (χ0v) is 23.5. The molecule has 2 aromatic heterocycles. The van der Waals surface area contributed by atoms with Gasteiger partial charge in [0.25, 0.3) is 0 Å². The second-order valence-corrected chi connectivity index (χ2v) is 13.0. The molecule has 4 aromatic rings. The minimum absolute atomic E-state index is 0.00349. The third-order valence-electron chi connectivity index (χ3n) is 7.45. The third kappa shape index (κ3) is 5.17. The molecule has 40 heavy (non-hydrogen) atoms. The Morgan fingerprint density at radius 2 is 1.75 bits per heavy atom. The highest BCUT2D eigenvalue weighted by Crippen LogP contribution is 2.42. The van der Waals surface area contributed by atoms with E-state index in [9.17, 15) is 12.8 Å². The van der Waals surface area contributed by atoms with Crippen LogP contribution in [0.25, 0.3) is 22.2 Å². The van der Waals surface area contributed by atoms with Crippen LogP contribution in [0.15, 0.2) is 41.4 Å². The van der Waals surface area contributed by atoms with Crippen molar-refractivity contribution in [2.24, 2.45) is 5.73 Å². The van der Waals surface area contributed by atoms with Gasteiger partial charge in [0, 0.05) is 34.4 Å². The minimum atomic E-state index is -4.38. The van der Waals surface area contributed by atoms with E-state index in [4.69, 9.17) is 23.1 Å². The van der Waals surface area contributed by atoms with E-state index >= 15 is 8.78 Å². The Morgan fingerprint density at radius 1 is 1.05 bits per heavy atom. The highest BCUT2D eigenvalue weighted by Gasteiger charge is 2.29. The van der Waals surface area contributed by atoms with Gasteiger partial charge in [0.1, 0.15) is 33.9 Å². The average Bonchev–Trinajstić information content (AvgIpc) is 3.30. The summed E-state index contributed by atoms with van der Waals surface area (Å²) in [5.41, 5.74) is 13.5. The molecule has 7 nitrogen and oxygen atoms in total. The number of halogens is 4. The lowest BCUT2D eigenvalue weighted by Crippen LogP contribution is -2.26. The lowest BCUT2D eigenvalue weighted by molar-refractivity contribution is 0.395. The fraction of sp³-hybridized carbons (Fsp3) is 0.357. The van der Waals surface area contributed by atoms with E-state index in [0.717, 1.165) is 55.5 Å². The summed E-state index contributed by atoms with van der Waals surface area (Å²) in [4.78, 5) is 3.68. The van der Waals surface area contributed by atoms with Crippen molar-refractivity contribution in [2.45, 2.75) is 68.2 Å². The Bertz CT molecular complexity index is 1720. The van der Waals surface area contributed by atoms with Crippen LogP contribution in [0.3, 0.4) is 0 Å². The fourth-order valence-corrected chi connectivity index (χ4v) is 7.08. The maximum atomic E-state index is 15.6. The Kier molecular flexibility index (Phi) is 7.58. The fourth-order valence-electron chi connectivity index (χ4n) is 5.39. The molecule has 4 N–H and O–H groups in total. The second kappa shape index (κ2) is 10.7. The van der Waals surface area contributed by atoms with Gasteiger partial charge in [0.2, 0.25) is 0 Å². The highest BCUT2D eigenvalue weighted by atomic mass is 35.5. The quantitative estimate of drug-likeness (QED) is 0.272. The smallest absolute Gasteiger partial charge is 0.185 e. The number of pyridine rings is 1. The third-order valence-corrected chi connectivity index (χ3v) is 9.36. The van der Waals surface area contributed by atoms with E-state index < -0.39 is 43.5 Å². The van der Waals surface area contributed by atoms with Gasteiger partial charge in [-0.1, -0.05) is 11.6 Å². The van der Waals surface area contributed by atoms with Crippen LogP contribution >= 0.6 is 11.6 Å². The predicted octanol–water partition coefficient (Wildman–Crippen LogP) is 6.29. The molecule has 0 spiro atoms. The molecule has 1 fully saturated rings. The number of hydrogen-bond acceptors (Lipinski definition) is 6. The number of nitrogen functional groups attached to an aromatic ring is 1. The van der Waals surface area contributed by atoms with Crippen molar-refractivity contribution >= 4 is 38.2 Å². The highest BCUT2D eigenvalue weighted by molar-refractivity contribution is 7.90. The van der Waals surface area contributed by atoms with Gasteiger partial charge in [-0.15, -0.1) is 0 Å². The summed E-state index contributed by atoms with van der Waals surface area (Å²) in [5.74, 6) is -3.60. The maximum absolute atomic E-state index is 15.6. The van der Waals surface area contributed by atoms with Gasteiger partial charge < -0.3 is 11.5 Å². The molecule has 0 unspecified atom stereocenters. The van der Waals surface area contributed by atoms with E-state index in [2.05, 4.69) is 10.1 Å². The molecule has 2 aromatic carbocycles. The van der Waals surface area contributed by atoms with Crippen molar-refractivity contribution in [2.75, 3.05) is 5.73 Å². The van der Waals surface area contributed by atoms with Crippen LogP contribution in [0.1, 0.15) is 62.6 Å². The number of benzene rings is 2. The van der Waals surface area contributed by atoms with Gasteiger partial charge in [0.05, 0.1) is 16.7 Å². The van der Waals surface area contributed by atoms with Crippen LogP contribution in [0, 0.1) is 17.5 Å². The number of hydrogen-bond donors (Lipinski definition) is 2. The zero-order chi connectivity index (χ0) is 28.9. The van der Waals surface area contributed by atoms with Gasteiger partial charge in [-0.2, -0.15) is 5.10 Å². The molecule has 2 heterocycles. The number of nitrogens with zero attached hydrogens (tertiary/aromatic N) is 3. The molecule has 0 bridgehead atoms. The van der Waals surface area contributed by atoms with Gasteiger partial charge >= 0.3 is 0 Å². The van der Waals surface area contributed by atoms with Crippen LogP contribution in [-0.4, -0.2) is 29.2 Å². The SMILES string of the molecule is CC(C)n1nc(-c2cc(F)c(CS(=O)(=O)c3cc(Cl)ccc3F)cc2F)c2c(N)ncc(C3CCC(N)CC3)c21. The normalized spacial score (nSPS) is 18.1. The molecular formula is C28H29ClF3N5O2S. The summed E-state index contributed by atoms with van der Waals surface area (Å²) >= 11 is 5.83. The predicted molar refractivity (Wildman–Crippen MR) is 149 cm³/mol. The molecule has 0 atom stereocenters. The van der Waals surface area contributed by atoms with E-state index in [0.29, 0.717) is 10.9 Å². The summed E-state index contributed by atoms with van der Waals surface area (Å²) in [6, 6.07) is 4.74. The second-order valence-electron chi connectivity index (χ2n) is 10.6. The molecule has 0 aliphatic heterocycles. The van der Waals surface area contributed by atoms with Crippen LogP contribution in [0.2, 0.25) is 5.02 Å². The number of anilines is 1. The van der Waals surface area contributed by atoms with Crippen molar-refractivity contribution < 1.29 is 21.6 Å². The average molecular weight is 592 g/mol. The molecule has 5 rings (SSSR count). The number of nitrogens with two attached hydrogens (primary N) is 2. The van der Waals surface area contributed by atoms with Crippen LogP contribution in [0.5, 0.6) is 0 Å². The summed E-state index contributed by atoms with van der Waals surface area (Å²) in [5, 5.41) is 5.05. The Morgan fingerprint density at radius 3 is 2.42 bits per heavy atom. The molecule has 0 amide bonds. The maximum Gasteiger partial charge on any atom is 0.185 e.